The maximum atomic E-state index is 13.0. The smallest absolute Gasteiger partial charge is 0.244 e. The van der Waals surface area contributed by atoms with Gasteiger partial charge in [-0.3, -0.25) is 14.6 Å². The van der Waals surface area contributed by atoms with E-state index in [-0.39, 0.29) is 42.9 Å². The fraction of sp³-hybridized carbons (Fsp3) is 0.353. The molecule has 3 heterocycles. The van der Waals surface area contributed by atoms with Crippen LogP contribution in [-0.2, 0) is 26.2 Å². The first-order valence-electron chi connectivity index (χ1n) is 8.49. The summed E-state index contributed by atoms with van der Waals surface area (Å²) in [5, 5.41) is 5.90. The SMILES string of the molecule is O=C(NCc1ccccn1)[C@@H]1CN(C(=O)CCl)CCN1S(=O)(=O)c1ccsc1. The number of alkyl halides is 1. The van der Waals surface area contributed by atoms with Crippen LogP contribution in [0.15, 0.2) is 46.1 Å². The monoisotopic (exact) mass is 442 g/mol. The van der Waals surface area contributed by atoms with Gasteiger partial charge in [-0.15, -0.1) is 11.6 Å². The Hall–Kier alpha value is -2.01. The quantitative estimate of drug-likeness (QED) is 0.670. The lowest BCUT2D eigenvalue weighted by atomic mass is 10.2. The highest BCUT2D eigenvalue weighted by Gasteiger charge is 2.41. The van der Waals surface area contributed by atoms with Gasteiger partial charge in [0.15, 0.2) is 0 Å². The van der Waals surface area contributed by atoms with Gasteiger partial charge in [0.2, 0.25) is 21.8 Å². The third-order valence-electron chi connectivity index (χ3n) is 4.37. The number of halogens is 1. The predicted octanol–water partition coefficient (Wildman–Crippen LogP) is 0.900. The highest BCUT2D eigenvalue weighted by atomic mass is 35.5. The molecule has 1 aliphatic rings. The lowest BCUT2D eigenvalue weighted by Crippen LogP contribution is -2.61. The van der Waals surface area contributed by atoms with E-state index in [0.29, 0.717) is 5.69 Å². The summed E-state index contributed by atoms with van der Waals surface area (Å²) in [4.78, 5) is 30.5. The standard InChI is InChI=1S/C17H19ClN4O4S2/c18-9-16(23)21-6-7-22(28(25,26)14-4-8-27-12-14)15(11-21)17(24)20-10-13-3-1-2-5-19-13/h1-5,8,12,15H,6-7,9-11H2,(H,20,24)/t15-/m0/s1. The van der Waals surface area contributed by atoms with Crippen molar-refractivity contribution in [1.29, 1.82) is 0 Å². The van der Waals surface area contributed by atoms with E-state index in [1.807, 2.05) is 0 Å². The van der Waals surface area contributed by atoms with Crippen molar-refractivity contribution in [2.24, 2.45) is 0 Å². The number of hydrogen-bond acceptors (Lipinski definition) is 6. The van der Waals surface area contributed by atoms with Crippen LogP contribution >= 0.6 is 22.9 Å². The zero-order valence-electron chi connectivity index (χ0n) is 14.8. The van der Waals surface area contributed by atoms with Crippen LogP contribution in [0.1, 0.15) is 5.69 Å². The van der Waals surface area contributed by atoms with Crippen molar-refractivity contribution in [2.75, 3.05) is 25.5 Å². The van der Waals surface area contributed by atoms with Gasteiger partial charge in [0.25, 0.3) is 0 Å². The third-order valence-corrected chi connectivity index (χ3v) is 7.34. The highest BCUT2D eigenvalue weighted by Crippen LogP contribution is 2.23. The van der Waals surface area contributed by atoms with Crippen molar-refractivity contribution in [3.05, 3.63) is 46.9 Å². The molecule has 0 saturated carbocycles. The number of hydrogen-bond donors (Lipinski definition) is 1. The van der Waals surface area contributed by atoms with Crippen LogP contribution < -0.4 is 5.32 Å². The molecule has 11 heteroatoms. The number of sulfonamides is 1. The maximum Gasteiger partial charge on any atom is 0.244 e. The number of amides is 2. The number of nitrogens with one attached hydrogen (secondary N) is 1. The molecule has 2 amide bonds. The average molecular weight is 443 g/mol. The van der Waals surface area contributed by atoms with Crippen LogP contribution in [-0.4, -0.2) is 66.0 Å². The van der Waals surface area contributed by atoms with Crippen molar-refractivity contribution < 1.29 is 18.0 Å². The molecule has 2 aromatic heterocycles. The first-order chi connectivity index (χ1) is 13.4. The first kappa shape index (κ1) is 20.7. The summed E-state index contributed by atoms with van der Waals surface area (Å²) in [5.41, 5.74) is 0.646. The third kappa shape index (κ3) is 4.52. The molecule has 0 aromatic carbocycles. The molecule has 0 radical (unpaired) electrons. The molecule has 150 valence electrons. The molecule has 0 aliphatic carbocycles. The molecule has 28 heavy (non-hydrogen) atoms. The minimum Gasteiger partial charge on any atom is -0.349 e. The molecule has 1 fully saturated rings. The summed E-state index contributed by atoms with van der Waals surface area (Å²) in [5.74, 6) is -1.05. The van der Waals surface area contributed by atoms with Gasteiger partial charge < -0.3 is 10.2 Å². The minimum atomic E-state index is -3.86. The number of rotatable bonds is 6. The first-order valence-corrected chi connectivity index (χ1v) is 11.4. The van der Waals surface area contributed by atoms with E-state index in [0.717, 1.165) is 4.31 Å². The van der Waals surface area contributed by atoms with Gasteiger partial charge in [-0.1, -0.05) is 6.07 Å². The van der Waals surface area contributed by atoms with Crippen LogP contribution in [0.4, 0.5) is 0 Å². The summed E-state index contributed by atoms with van der Waals surface area (Å²) >= 11 is 6.89. The zero-order chi connectivity index (χ0) is 20.1. The minimum absolute atomic E-state index is 0.0164. The van der Waals surface area contributed by atoms with E-state index in [9.17, 15) is 18.0 Å². The van der Waals surface area contributed by atoms with E-state index in [4.69, 9.17) is 11.6 Å². The van der Waals surface area contributed by atoms with Gasteiger partial charge >= 0.3 is 0 Å². The van der Waals surface area contributed by atoms with Gasteiger partial charge in [0.05, 0.1) is 17.1 Å². The van der Waals surface area contributed by atoms with E-state index in [1.54, 1.807) is 29.8 Å². The van der Waals surface area contributed by atoms with E-state index in [1.165, 1.54) is 27.7 Å². The average Bonchev–Trinajstić information content (AvgIpc) is 3.27. The van der Waals surface area contributed by atoms with E-state index in [2.05, 4.69) is 10.3 Å². The summed E-state index contributed by atoms with van der Waals surface area (Å²) in [7, 11) is -3.86. The Morgan fingerprint density at radius 2 is 2.11 bits per heavy atom. The van der Waals surface area contributed by atoms with E-state index < -0.39 is 22.0 Å². The van der Waals surface area contributed by atoms with Gasteiger partial charge in [-0.25, -0.2) is 8.42 Å². The molecule has 1 saturated heterocycles. The summed E-state index contributed by atoms with van der Waals surface area (Å²) < 4.78 is 27.1. The molecular formula is C17H19ClN4O4S2. The van der Waals surface area contributed by atoms with Crippen molar-refractivity contribution in [3.63, 3.8) is 0 Å². The number of aromatic nitrogens is 1. The molecule has 0 spiro atoms. The molecule has 0 bridgehead atoms. The predicted molar refractivity (Wildman–Crippen MR) is 105 cm³/mol. The van der Waals surface area contributed by atoms with Gasteiger partial charge in [-0.05, 0) is 23.6 Å². The van der Waals surface area contributed by atoms with Crippen molar-refractivity contribution in [3.8, 4) is 0 Å². The highest BCUT2D eigenvalue weighted by molar-refractivity contribution is 7.89. The maximum absolute atomic E-state index is 13.0. The summed E-state index contributed by atoms with van der Waals surface area (Å²) in [6.07, 6.45) is 1.61. The van der Waals surface area contributed by atoms with Crippen LogP contribution in [0.25, 0.3) is 0 Å². The number of nitrogens with zero attached hydrogens (tertiary/aromatic N) is 3. The summed E-state index contributed by atoms with van der Waals surface area (Å²) in [6, 6.07) is 5.76. The molecule has 0 unspecified atom stereocenters. The molecule has 2 aromatic rings. The van der Waals surface area contributed by atoms with Crippen LogP contribution in [0.5, 0.6) is 0 Å². The second kappa shape index (κ2) is 8.99. The summed E-state index contributed by atoms with van der Waals surface area (Å²) in [6.45, 7) is 0.302. The molecule has 1 N–H and O–H groups in total. The largest absolute Gasteiger partial charge is 0.349 e. The number of carbonyl (C=O) groups excluding carboxylic acids is 2. The van der Waals surface area contributed by atoms with Gasteiger partial charge in [0.1, 0.15) is 11.9 Å². The van der Waals surface area contributed by atoms with E-state index >= 15 is 0 Å². The van der Waals surface area contributed by atoms with Crippen molar-refractivity contribution >= 4 is 44.8 Å². The molecule has 1 aliphatic heterocycles. The number of piperazine rings is 1. The Balaban J connectivity index is 1.81. The van der Waals surface area contributed by atoms with Crippen LogP contribution in [0.2, 0.25) is 0 Å². The Morgan fingerprint density at radius 3 is 2.75 bits per heavy atom. The Kier molecular flexibility index (Phi) is 6.65. The molecule has 3 rings (SSSR count). The van der Waals surface area contributed by atoms with Crippen LogP contribution in [0.3, 0.4) is 0 Å². The number of pyridine rings is 1. The lowest BCUT2D eigenvalue weighted by molar-refractivity contribution is -0.134. The fourth-order valence-electron chi connectivity index (χ4n) is 2.91. The molecule has 8 nitrogen and oxygen atoms in total. The Labute approximate surface area is 172 Å². The fourth-order valence-corrected chi connectivity index (χ4v) is 5.67. The van der Waals surface area contributed by atoms with Crippen molar-refractivity contribution in [1.82, 2.24) is 19.5 Å². The number of carbonyl (C=O) groups is 2. The van der Waals surface area contributed by atoms with Crippen molar-refractivity contribution in [2.45, 2.75) is 17.5 Å². The van der Waals surface area contributed by atoms with Gasteiger partial charge in [-0.2, -0.15) is 15.6 Å². The Bertz CT molecular complexity index is 922. The lowest BCUT2D eigenvalue weighted by Gasteiger charge is -2.39. The zero-order valence-corrected chi connectivity index (χ0v) is 17.2. The topological polar surface area (TPSA) is 99.7 Å². The number of thiophene rings is 1. The molecule has 1 atom stereocenters. The van der Waals surface area contributed by atoms with Gasteiger partial charge in [0, 0.05) is 31.2 Å². The second-order valence-electron chi connectivity index (χ2n) is 6.10. The second-order valence-corrected chi connectivity index (χ2v) is 9.04. The molecular weight excluding hydrogens is 424 g/mol. The normalized spacial score (nSPS) is 18.0. The van der Waals surface area contributed by atoms with Crippen LogP contribution in [0, 0.1) is 0 Å². The Morgan fingerprint density at radius 1 is 1.29 bits per heavy atom.